The standard InChI is InChI=1S/C16H21N3OS/c1-2-11-4-3-8-19(9-6-11)16(20)15-14(17)12-5-7-18-10-13(12)21-15/h5,7,10-11H,2-4,6,8-9,17H2,1H3. The number of hydrogen-bond donors (Lipinski definition) is 1. The summed E-state index contributed by atoms with van der Waals surface area (Å²) in [6.07, 6.45) is 8.14. The fourth-order valence-electron chi connectivity index (χ4n) is 3.05. The Bertz CT molecular complexity index is 652. The highest BCUT2D eigenvalue weighted by Crippen LogP contribution is 2.34. The maximum absolute atomic E-state index is 12.8. The van der Waals surface area contributed by atoms with Gasteiger partial charge in [-0.15, -0.1) is 11.3 Å². The zero-order valence-electron chi connectivity index (χ0n) is 12.3. The first kappa shape index (κ1) is 14.3. The number of likely N-dealkylation sites (tertiary alicyclic amines) is 1. The van der Waals surface area contributed by atoms with Crippen LogP contribution >= 0.6 is 11.3 Å². The van der Waals surface area contributed by atoms with Gasteiger partial charge in [0.1, 0.15) is 4.88 Å². The monoisotopic (exact) mass is 303 g/mol. The van der Waals surface area contributed by atoms with Gasteiger partial charge in [-0.05, 0) is 31.2 Å². The largest absolute Gasteiger partial charge is 0.397 e. The highest BCUT2D eigenvalue weighted by atomic mass is 32.1. The summed E-state index contributed by atoms with van der Waals surface area (Å²) in [5.74, 6) is 0.845. The van der Waals surface area contributed by atoms with Gasteiger partial charge in [-0.25, -0.2) is 0 Å². The number of aromatic nitrogens is 1. The number of anilines is 1. The zero-order valence-corrected chi connectivity index (χ0v) is 13.2. The van der Waals surface area contributed by atoms with Crippen molar-refractivity contribution in [2.24, 2.45) is 5.92 Å². The lowest BCUT2D eigenvalue weighted by atomic mass is 9.98. The second-order valence-corrected chi connectivity index (χ2v) is 6.77. The summed E-state index contributed by atoms with van der Waals surface area (Å²) >= 11 is 1.46. The molecule has 0 aromatic carbocycles. The number of carbonyl (C=O) groups is 1. The molecule has 1 aliphatic heterocycles. The van der Waals surface area contributed by atoms with Crippen LogP contribution in [0.3, 0.4) is 0 Å². The zero-order chi connectivity index (χ0) is 14.8. The van der Waals surface area contributed by atoms with Crippen molar-refractivity contribution >= 4 is 33.0 Å². The lowest BCUT2D eigenvalue weighted by molar-refractivity contribution is 0.0766. The summed E-state index contributed by atoms with van der Waals surface area (Å²) in [6, 6.07) is 1.88. The lowest BCUT2D eigenvalue weighted by Crippen LogP contribution is -2.31. The number of nitrogen functional groups attached to an aromatic ring is 1. The Balaban J connectivity index is 1.85. The van der Waals surface area contributed by atoms with Crippen LogP contribution in [0.25, 0.3) is 10.1 Å². The number of nitrogens with zero attached hydrogens (tertiary/aromatic N) is 2. The molecule has 4 nitrogen and oxygen atoms in total. The van der Waals surface area contributed by atoms with Crippen molar-refractivity contribution in [1.29, 1.82) is 0 Å². The second-order valence-electron chi connectivity index (χ2n) is 5.71. The molecule has 2 N–H and O–H groups in total. The Morgan fingerprint density at radius 3 is 3.10 bits per heavy atom. The minimum atomic E-state index is 0.0884. The van der Waals surface area contributed by atoms with Gasteiger partial charge in [0.2, 0.25) is 0 Å². The number of rotatable bonds is 2. The molecule has 1 aliphatic rings. The van der Waals surface area contributed by atoms with Crippen LogP contribution < -0.4 is 5.73 Å². The predicted molar refractivity (Wildman–Crippen MR) is 87.6 cm³/mol. The van der Waals surface area contributed by atoms with Crippen LogP contribution in [0.5, 0.6) is 0 Å². The highest BCUT2D eigenvalue weighted by Gasteiger charge is 2.24. The SMILES string of the molecule is CCC1CCCN(C(=O)c2sc3cnccc3c2N)CC1. The quantitative estimate of drug-likeness (QED) is 0.923. The molecule has 0 aliphatic carbocycles. The predicted octanol–water partition coefficient (Wildman–Crippen LogP) is 3.53. The molecule has 1 atom stereocenters. The number of carbonyl (C=O) groups excluding carboxylic acids is 1. The third kappa shape index (κ3) is 2.75. The van der Waals surface area contributed by atoms with Gasteiger partial charge in [-0.2, -0.15) is 0 Å². The third-order valence-corrected chi connectivity index (χ3v) is 5.58. The number of fused-ring (bicyclic) bond motifs is 1. The summed E-state index contributed by atoms with van der Waals surface area (Å²) in [5.41, 5.74) is 6.78. The van der Waals surface area contributed by atoms with Crippen molar-refractivity contribution in [3.8, 4) is 0 Å². The first-order valence-corrected chi connectivity index (χ1v) is 8.43. The van der Waals surface area contributed by atoms with Crippen molar-refractivity contribution in [3.05, 3.63) is 23.3 Å². The Hall–Kier alpha value is -1.62. The van der Waals surface area contributed by atoms with E-state index in [0.717, 1.165) is 41.9 Å². The van der Waals surface area contributed by atoms with Crippen molar-refractivity contribution in [1.82, 2.24) is 9.88 Å². The van der Waals surface area contributed by atoms with Gasteiger partial charge in [0.15, 0.2) is 0 Å². The van der Waals surface area contributed by atoms with Crippen LogP contribution in [0.1, 0.15) is 42.3 Å². The van der Waals surface area contributed by atoms with Gasteiger partial charge in [0, 0.05) is 30.9 Å². The molecular formula is C16H21N3OS. The molecule has 0 spiro atoms. The van der Waals surface area contributed by atoms with Crippen LogP contribution in [-0.4, -0.2) is 28.9 Å². The van der Waals surface area contributed by atoms with Crippen LogP contribution in [0, 0.1) is 5.92 Å². The summed E-state index contributed by atoms with van der Waals surface area (Å²) in [6.45, 7) is 3.93. The Morgan fingerprint density at radius 2 is 2.33 bits per heavy atom. The lowest BCUT2D eigenvalue weighted by Gasteiger charge is -2.20. The van der Waals surface area contributed by atoms with E-state index in [1.54, 1.807) is 12.4 Å². The summed E-state index contributed by atoms with van der Waals surface area (Å²) in [5, 5.41) is 0.944. The molecule has 2 aromatic rings. The Labute approximate surface area is 129 Å². The molecule has 0 radical (unpaired) electrons. The minimum absolute atomic E-state index is 0.0884. The van der Waals surface area contributed by atoms with E-state index in [0.29, 0.717) is 10.6 Å². The van der Waals surface area contributed by atoms with E-state index in [-0.39, 0.29) is 5.91 Å². The maximum atomic E-state index is 12.8. The molecule has 1 fully saturated rings. The van der Waals surface area contributed by atoms with E-state index in [1.807, 2.05) is 11.0 Å². The van der Waals surface area contributed by atoms with Gasteiger partial charge >= 0.3 is 0 Å². The van der Waals surface area contributed by atoms with Crippen molar-refractivity contribution in [3.63, 3.8) is 0 Å². The molecule has 0 bridgehead atoms. The summed E-state index contributed by atoms with van der Waals surface area (Å²) in [7, 11) is 0. The van der Waals surface area contributed by atoms with Gasteiger partial charge < -0.3 is 10.6 Å². The molecule has 1 unspecified atom stereocenters. The Kier molecular flexibility index (Phi) is 4.10. The summed E-state index contributed by atoms with van der Waals surface area (Å²) in [4.78, 5) is 19.5. The van der Waals surface area contributed by atoms with E-state index >= 15 is 0 Å². The van der Waals surface area contributed by atoms with Gasteiger partial charge in [0.05, 0.1) is 10.4 Å². The van der Waals surface area contributed by atoms with Crippen LogP contribution in [0.4, 0.5) is 5.69 Å². The van der Waals surface area contributed by atoms with Crippen LogP contribution in [0.2, 0.25) is 0 Å². The normalized spacial score (nSPS) is 19.7. The molecular weight excluding hydrogens is 282 g/mol. The molecule has 0 saturated carbocycles. The fourth-order valence-corrected chi connectivity index (χ4v) is 4.11. The van der Waals surface area contributed by atoms with E-state index in [9.17, 15) is 4.79 Å². The minimum Gasteiger partial charge on any atom is -0.397 e. The number of nitrogens with two attached hydrogens (primary N) is 1. The number of pyridine rings is 1. The van der Waals surface area contributed by atoms with Crippen molar-refractivity contribution in [2.75, 3.05) is 18.8 Å². The average Bonchev–Trinajstić information content (AvgIpc) is 2.71. The topological polar surface area (TPSA) is 59.2 Å². The second kappa shape index (κ2) is 6.02. The maximum Gasteiger partial charge on any atom is 0.266 e. The molecule has 5 heteroatoms. The molecule has 3 heterocycles. The number of hydrogen-bond acceptors (Lipinski definition) is 4. The van der Waals surface area contributed by atoms with Crippen LogP contribution in [-0.2, 0) is 0 Å². The van der Waals surface area contributed by atoms with E-state index < -0.39 is 0 Å². The van der Waals surface area contributed by atoms with E-state index in [2.05, 4.69) is 11.9 Å². The molecule has 2 aromatic heterocycles. The van der Waals surface area contributed by atoms with Gasteiger partial charge in [-0.3, -0.25) is 9.78 Å². The smallest absolute Gasteiger partial charge is 0.266 e. The van der Waals surface area contributed by atoms with Crippen molar-refractivity contribution in [2.45, 2.75) is 32.6 Å². The molecule has 1 saturated heterocycles. The van der Waals surface area contributed by atoms with Crippen molar-refractivity contribution < 1.29 is 4.79 Å². The Morgan fingerprint density at radius 1 is 1.48 bits per heavy atom. The number of thiophene rings is 1. The average molecular weight is 303 g/mol. The van der Waals surface area contributed by atoms with E-state index in [4.69, 9.17) is 5.73 Å². The fraction of sp³-hybridized carbons (Fsp3) is 0.500. The molecule has 112 valence electrons. The van der Waals surface area contributed by atoms with E-state index in [1.165, 1.54) is 24.2 Å². The molecule has 21 heavy (non-hydrogen) atoms. The van der Waals surface area contributed by atoms with Gasteiger partial charge in [-0.1, -0.05) is 13.3 Å². The summed E-state index contributed by atoms with van der Waals surface area (Å²) < 4.78 is 0.986. The first-order valence-electron chi connectivity index (χ1n) is 7.62. The number of amides is 1. The molecule has 3 rings (SSSR count). The molecule has 1 amide bonds. The third-order valence-electron chi connectivity index (χ3n) is 4.44. The first-order chi connectivity index (χ1) is 10.2. The van der Waals surface area contributed by atoms with Gasteiger partial charge in [0.25, 0.3) is 5.91 Å². The highest BCUT2D eigenvalue weighted by molar-refractivity contribution is 7.21. The van der Waals surface area contributed by atoms with Crippen LogP contribution in [0.15, 0.2) is 18.5 Å².